The number of likely N-dealkylation sites (N-methyl/N-ethyl adjacent to an activating group) is 1. The third kappa shape index (κ3) is 6.29. The summed E-state index contributed by atoms with van der Waals surface area (Å²) in [7, 11) is 5.05. The molecule has 152 valence electrons. The molecule has 1 aromatic carbocycles. The number of methoxy groups -OCH3 is 2. The summed E-state index contributed by atoms with van der Waals surface area (Å²) in [6.07, 6.45) is 0.989. The molecule has 0 aliphatic carbocycles. The predicted octanol–water partition coefficient (Wildman–Crippen LogP) is 1.24. The first-order valence-corrected chi connectivity index (χ1v) is 8.92. The molecule has 2 unspecified atom stereocenters. The zero-order chi connectivity index (χ0) is 19.1. The molecule has 1 heterocycles. The number of amides is 2. The Balaban J connectivity index is 0.00000364. The van der Waals surface area contributed by atoms with Crippen LogP contribution < -0.4 is 20.1 Å². The van der Waals surface area contributed by atoms with E-state index in [0.29, 0.717) is 37.6 Å². The predicted molar refractivity (Wildman–Crippen MR) is 107 cm³/mol. The number of rotatable bonds is 9. The molecule has 0 aromatic heterocycles. The monoisotopic (exact) mass is 399 g/mol. The average Bonchev–Trinajstić information content (AvgIpc) is 3.04. The lowest BCUT2D eigenvalue weighted by Gasteiger charge is -2.18. The maximum absolute atomic E-state index is 12.2. The lowest BCUT2D eigenvalue weighted by Crippen LogP contribution is -2.40. The molecule has 2 atom stereocenters. The third-order valence-corrected chi connectivity index (χ3v) is 4.78. The summed E-state index contributed by atoms with van der Waals surface area (Å²) in [6, 6.07) is 5.95. The van der Waals surface area contributed by atoms with Gasteiger partial charge in [-0.15, -0.1) is 12.4 Å². The van der Waals surface area contributed by atoms with Crippen molar-refractivity contribution in [3.05, 3.63) is 23.8 Å². The molecule has 0 radical (unpaired) electrons. The van der Waals surface area contributed by atoms with E-state index in [4.69, 9.17) is 9.47 Å². The SMILES string of the molecule is CNC(C)CNC(=O)C1CC(=O)N(CCc2ccc(OC)c(OC)c2)C1.Cl. The molecular weight excluding hydrogens is 370 g/mol. The first-order chi connectivity index (χ1) is 12.5. The van der Waals surface area contributed by atoms with Crippen LogP contribution in [-0.2, 0) is 16.0 Å². The van der Waals surface area contributed by atoms with Crippen molar-refractivity contribution in [2.45, 2.75) is 25.8 Å². The molecule has 1 aliphatic rings. The standard InChI is InChI=1S/C19H29N3O4.ClH/c1-13(20-2)11-21-19(24)15-10-18(23)22(12-15)8-7-14-5-6-16(25-3)17(9-14)26-4;/h5-6,9,13,15,20H,7-8,10-12H2,1-4H3,(H,21,24);1H. The number of carbonyl (C=O) groups is 2. The molecule has 7 nitrogen and oxygen atoms in total. The van der Waals surface area contributed by atoms with Crippen LogP contribution in [0.25, 0.3) is 0 Å². The molecule has 8 heteroatoms. The van der Waals surface area contributed by atoms with Crippen LogP contribution in [0.15, 0.2) is 18.2 Å². The number of nitrogens with one attached hydrogen (secondary N) is 2. The van der Waals surface area contributed by atoms with Crippen LogP contribution in [0.5, 0.6) is 11.5 Å². The van der Waals surface area contributed by atoms with Gasteiger partial charge in [-0.2, -0.15) is 0 Å². The van der Waals surface area contributed by atoms with Gasteiger partial charge in [0.15, 0.2) is 11.5 Å². The van der Waals surface area contributed by atoms with Gasteiger partial charge in [-0.1, -0.05) is 6.07 Å². The Kier molecular flexibility index (Phi) is 9.38. The second-order valence-electron chi connectivity index (χ2n) is 6.62. The van der Waals surface area contributed by atoms with Crippen molar-refractivity contribution >= 4 is 24.2 Å². The van der Waals surface area contributed by atoms with Crippen molar-refractivity contribution in [1.82, 2.24) is 15.5 Å². The number of carbonyl (C=O) groups excluding carboxylic acids is 2. The van der Waals surface area contributed by atoms with Crippen LogP contribution in [0.3, 0.4) is 0 Å². The van der Waals surface area contributed by atoms with Crippen molar-refractivity contribution < 1.29 is 19.1 Å². The molecule has 2 N–H and O–H groups in total. The van der Waals surface area contributed by atoms with E-state index in [2.05, 4.69) is 10.6 Å². The molecule has 1 fully saturated rings. The number of hydrogen-bond acceptors (Lipinski definition) is 5. The largest absolute Gasteiger partial charge is 0.493 e. The van der Waals surface area contributed by atoms with Crippen LogP contribution in [-0.4, -0.2) is 63.7 Å². The van der Waals surface area contributed by atoms with Crippen LogP contribution in [0.4, 0.5) is 0 Å². The van der Waals surface area contributed by atoms with Crippen molar-refractivity contribution in [2.75, 3.05) is 40.9 Å². The van der Waals surface area contributed by atoms with Crippen LogP contribution >= 0.6 is 12.4 Å². The van der Waals surface area contributed by atoms with E-state index in [0.717, 1.165) is 5.56 Å². The van der Waals surface area contributed by atoms with Gasteiger partial charge in [0.2, 0.25) is 11.8 Å². The number of benzene rings is 1. The maximum Gasteiger partial charge on any atom is 0.225 e. The molecule has 2 amide bonds. The number of likely N-dealkylation sites (tertiary alicyclic amines) is 1. The summed E-state index contributed by atoms with van der Waals surface area (Å²) >= 11 is 0. The highest BCUT2D eigenvalue weighted by Crippen LogP contribution is 2.28. The summed E-state index contributed by atoms with van der Waals surface area (Å²) in [5, 5.41) is 5.98. The second kappa shape index (κ2) is 11.0. The smallest absolute Gasteiger partial charge is 0.225 e. The fourth-order valence-electron chi connectivity index (χ4n) is 2.96. The highest BCUT2D eigenvalue weighted by Gasteiger charge is 2.33. The highest BCUT2D eigenvalue weighted by atomic mass is 35.5. The van der Waals surface area contributed by atoms with Crippen LogP contribution in [0, 0.1) is 5.92 Å². The van der Waals surface area contributed by atoms with Gasteiger partial charge in [-0.25, -0.2) is 0 Å². The van der Waals surface area contributed by atoms with E-state index in [-0.39, 0.29) is 42.6 Å². The lowest BCUT2D eigenvalue weighted by atomic mass is 10.1. The Labute approximate surface area is 167 Å². The molecule has 1 saturated heterocycles. The molecule has 0 spiro atoms. The Bertz CT molecular complexity index is 641. The normalized spacial score (nSPS) is 17.3. The van der Waals surface area contributed by atoms with Gasteiger partial charge < -0.3 is 25.0 Å². The van der Waals surface area contributed by atoms with Gasteiger partial charge in [0.1, 0.15) is 0 Å². The number of hydrogen-bond donors (Lipinski definition) is 2. The Morgan fingerprint density at radius 1 is 1.30 bits per heavy atom. The zero-order valence-corrected chi connectivity index (χ0v) is 17.2. The van der Waals surface area contributed by atoms with Gasteiger partial charge in [0, 0.05) is 32.1 Å². The fraction of sp³-hybridized carbons (Fsp3) is 0.579. The minimum Gasteiger partial charge on any atom is -0.493 e. The van der Waals surface area contributed by atoms with E-state index in [1.807, 2.05) is 32.2 Å². The first-order valence-electron chi connectivity index (χ1n) is 8.92. The van der Waals surface area contributed by atoms with E-state index < -0.39 is 0 Å². The van der Waals surface area contributed by atoms with E-state index >= 15 is 0 Å². The Hall–Kier alpha value is -1.99. The minimum atomic E-state index is -0.267. The molecule has 1 aromatic rings. The third-order valence-electron chi connectivity index (χ3n) is 4.78. The van der Waals surface area contributed by atoms with Gasteiger partial charge in [-0.05, 0) is 38.1 Å². The topological polar surface area (TPSA) is 79.9 Å². The number of halogens is 1. The molecule has 27 heavy (non-hydrogen) atoms. The average molecular weight is 400 g/mol. The lowest BCUT2D eigenvalue weighted by molar-refractivity contribution is -0.129. The molecule has 0 bridgehead atoms. The van der Waals surface area contributed by atoms with Crippen molar-refractivity contribution in [2.24, 2.45) is 5.92 Å². The molecule has 1 aliphatic heterocycles. The summed E-state index contributed by atoms with van der Waals surface area (Å²) in [6.45, 7) is 3.62. The minimum absolute atomic E-state index is 0. The van der Waals surface area contributed by atoms with E-state index in [1.165, 1.54) is 0 Å². The highest BCUT2D eigenvalue weighted by molar-refractivity contribution is 5.89. The maximum atomic E-state index is 12.2. The summed E-state index contributed by atoms with van der Waals surface area (Å²) in [5.74, 6) is 1.08. The summed E-state index contributed by atoms with van der Waals surface area (Å²) in [4.78, 5) is 26.2. The fourth-order valence-corrected chi connectivity index (χ4v) is 2.96. The Morgan fingerprint density at radius 3 is 2.63 bits per heavy atom. The van der Waals surface area contributed by atoms with Crippen molar-refractivity contribution in [3.63, 3.8) is 0 Å². The summed E-state index contributed by atoms with van der Waals surface area (Å²) in [5.41, 5.74) is 1.06. The molecule has 2 rings (SSSR count). The van der Waals surface area contributed by atoms with Gasteiger partial charge >= 0.3 is 0 Å². The number of ether oxygens (including phenoxy) is 2. The van der Waals surface area contributed by atoms with Crippen LogP contribution in [0.2, 0.25) is 0 Å². The van der Waals surface area contributed by atoms with Crippen LogP contribution in [0.1, 0.15) is 18.9 Å². The van der Waals surface area contributed by atoms with E-state index in [1.54, 1.807) is 19.1 Å². The van der Waals surface area contributed by atoms with Crippen molar-refractivity contribution in [1.29, 1.82) is 0 Å². The first kappa shape index (κ1) is 23.0. The quantitative estimate of drug-likeness (QED) is 0.653. The zero-order valence-electron chi connectivity index (χ0n) is 16.4. The second-order valence-corrected chi connectivity index (χ2v) is 6.62. The van der Waals surface area contributed by atoms with Gasteiger partial charge in [0.25, 0.3) is 0 Å². The van der Waals surface area contributed by atoms with Gasteiger partial charge in [0.05, 0.1) is 20.1 Å². The summed E-state index contributed by atoms with van der Waals surface area (Å²) < 4.78 is 10.5. The van der Waals surface area contributed by atoms with E-state index in [9.17, 15) is 9.59 Å². The molecule has 0 saturated carbocycles. The Morgan fingerprint density at radius 2 is 2.00 bits per heavy atom. The molecular formula is C19H30ClN3O4. The van der Waals surface area contributed by atoms with Crippen molar-refractivity contribution in [3.8, 4) is 11.5 Å². The van der Waals surface area contributed by atoms with Gasteiger partial charge in [-0.3, -0.25) is 9.59 Å². The number of nitrogens with zero attached hydrogens (tertiary/aromatic N) is 1.